The van der Waals surface area contributed by atoms with Gasteiger partial charge in [0.05, 0.1) is 17.2 Å². The smallest absolute Gasteiger partial charge is 0.224 e. The molecule has 14 heavy (non-hydrogen) atoms. The summed E-state index contributed by atoms with van der Waals surface area (Å²) in [6, 6.07) is -0.122. The third kappa shape index (κ3) is 1.42. The second-order valence-corrected chi connectivity index (χ2v) is 4.12. The zero-order chi connectivity index (χ0) is 10.1. The van der Waals surface area contributed by atoms with Crippen molar-refractivity contribution >= 4 is 17.2 Å². The van der Waals surface area contributed by atoms with E-state index in [1.807, 2.05) is 12.3 Å². The highest BCUT2D eigenvalue weighted by Gasteiger charge is 2.38. The van der Waals surface area contributed by atoms with Gasteiger partial charge in [0.15, 0.2) is 0 Å². The molecule has 1 amide bonds. The van der Waals surface area contributed by atoms with Gasteiger partial charge in [-0.15, -0.1) is 11.3 Å². The van der Waals surface area contributed by atoms with Gasteiger partial charge in [0.2, 0.25) is 5.91 Å². The predicted octanol–water partition coefficient (Wildman–Crippen LogP) is 0.764. The van der Waals surface area contributed by atoms with E-state index in [0.717, 1.165) is 5.69 Å². The molecule has 1 aromatic rings. The van der Waals surface area contributed by atoms with Gasteiger partial charge in [0.25, 0.3) is 0 Å². The number of likely N-dealkylation sites (N-methyl/N-ethyl adjacent to an activating group) is 1. The number of carbonyl (C=O) groups excluding carboxylic acids is 1. The monoisotopic (exact) mass is 211 g/mol. The van der Waals surface area contributed by atoms with Crippen LogP contribution in [0.4, 0.5) is 0 Å². The lowest BCUT2D eigenvalue weighted by atomic mass is 10.1. The minimum Gasteiger partial charge on any atom is -0.333 e. The van der Waals surface area contributed by atoms with Gasteiger partial charge in [0, 0.05) is 24.4 Å². The maximum absolute atomic E-state index is 11.5. The van der Waals surface area contributed by atoms with Crippen LogP contribution >= 0.6 is 11.3 Å². The van der Waals surface area contributed by atoms with Crippen LogP contribution in [0, 0.1) is 0 Å². The van der Waals surface area contributed by atoms with Crippen LogP contribution in [0.1, 0.15) is 25.1 Å². The number of amides is 1. The van der Waals surface area contributed by atoms with E-state index < -0.39 is 0 Å². The molecule has 2 rings (SSSR count). The van der Waals surface area contributed by atoms with Crippen LogP contribution < -0.4 is 5.73 Å². The molecule has 2 N–H and O–H groups in total. The number of nitrogens with zero attached hydrogens (tertiary/aromatic N) is 2. The highest BCUT2D eigenvalue weighted by molar-refractivity contribution is 7.07. The van der Waals surface area contributed by atoms with E-state index in [9.17, 15) is 4.79 Å². The molecule has 0 aliphatic carbocycles. The van der Waals surface area contributed by atoms with E-state index in [-0.39, 0.29) is 18.0 Å². The SMILES string of the molecule is CCN1C(=O)CC(N)C1c1cscn1. The number of hydrogen-bond acceptors (Lipinski definition) is 4. The molecule has 0 spiro atoms. The fraction of sp³-hybridized carbons (Fsp3) is 0.556. The van der Waals surface area contributed by atoms with Gasteiger partial charge in [-0.2, -0.15) is 0 Å². The van der Waals surface area contributed by atoms with Crippen molar-refractivity contribution in [1.29, 1.82) is 0 Å². The number of nitrogens with two attached hydrogens (primary N) is 1. The quantitative estimate of drug-likeness (QED) is 0.785. The van der Waals surface area contributed by atoms with Crippen LogP contribution in [0.25, 0.3) is 0 Å². The van der Waals surface area contributed by atoms with Crippen molar-refractivity contribution in [2.45, 2.75) is 25.4 Å². The lowest BCUT2D eigenvalue weighted by Gasteiger charge is -2.23. The van der Waals surface area contributed by atoms with Gasteiger partial charge in [-0.1, -0.05) is 0 Å². The Morgan fingerprint density at radius 1 is 1.79 bits per heavy atom. The number of aromatic nitrogens is 1. The molecule has 1 fully saturated rings. The number of thiazole rings is 1. The molecule has 0 radical (unpaired) electrons. The molecule has 1 aromatic heterocycles. The Kier molecular flexibility index (Phi) is 2.52. The summed E-state index contributed by atoms with van der Waals surface area (Å²) in [5.41, 5.74) is 8.63. The zero-order valence-corrected chi connectivity index (χ0v) is 8.83. The van der Waals surface area contributed by atoms with E-state index in [0.29, 0.717) is 13.0 Å². The number of rotatable bonds is 2. The largest absolute Gasteiger partial charge is 0.333 e. The molecule has 0 saturated carbocycles. The molecule has 0 bridgehead atoms. The van der Waals surface area contributed by atoms with Gasteiger partial charge >= 0.3 is 0 Å². The topological polar surface area (TPSA) is 59.2 Å². The standard InChI is InChI=1S/C9H13N3OS/c1-2-12-8(13)3-6(10)9(12)7-4-14-5-11-7/h4-6,9H,2-3,10H2,1H3. The van der Waals surface area contributed by atoms with E-state index in [2.05, 4.69) is 4.98 Å². The third-order valence-corrected chi connectivity index (χ3v) is 3.17. The van der Waals surface area contributed by atoms with Crippen LogP contribution in [0.5, 0.6) is 0 Å². The predicted molar refractivity (Wildman–Crippen MR) is 54.8 cm³/mol. The highest BCUT2D eigenvalue weighted by atomic mass is 32.1. The first-order chi connectivity index (χ1) is 6.74. The molecular weight excluding hydrogens is 198 g/mol. The minimum atomic E-state index is -0.107. The maximum Gasteiger partial charge on any atom is 0.224 e. The molecular formula is C9H13N3OS. The van der Waals surface area contributed by atoms with Crippen molar-refractivity contribution in [3.8, 4) is 0 Å². The molecule has 5 heteroatoms. The Morgan fingerprint density at radius 2 is 2.57 bits per heavy atom. The fourth-order valence-corrected chi connectivity index (χ4v) is 2.52. The Hall–Kier alpha value is -0.940. The Balaban J connectivity index is 2.28. The Labute approximate surface area is 86.7 Å². The van der Waals surface area contributed by atoms with Crippen molar-refractivity contribution < 1.29 is 4.79 Å². The molecule has 1 aliphatic rings. The summed E-state index contributed by atoms with van der Waals surface area (Å²) in [5.74, 6) is 0.137. The molecule has 4 nitrogen and oxygen atoms in total. The first-order valence-electron chi connectivity index (χ1n) is 4.67. The summed E-state index contributed by atoms with van der Waals surface area (Å²) in [6.45, 7) is 2.67. The lowest BCUT2D eigenvalue weighted by molar-refractivity contribution is -0.128. The molecule has 1 aliphatic heterocycles. The van der Waals surface area contributed by atoms with Gasteiger partial charge in [0.1, 0.15) is 0 Å². The molecule has 1 saturated heterocycles. The third-order valence-electron chi connectivity index (χ3n) is 2.57. The average molecular weight is 211 g/mol. The van der Waals surface area contributed by atoms with Gasteiger partial charge in [-0.05, 0) is 6.92 Å². The van der Waals surface area contributed by atoms with Gasteiger partial charge in [-0.3, -0.25) is 4.79 Å². The van der Waals surface area contributed by atoms with Crippen molar-refractivity contribution in [1.82, 2.24) is 9.88 Å². The fourth-order valence-electron chi connectivity index (χ4n) is 1.94. The van der Waals surface area contributed by atoms with Crippen LogP contribution in [-0.4, -0.2) is 28.4 Å². The number of carbonyl (C=O) groups is 1. The van der Waals surface area contributed by atoms with Crippen LogP contribution in [-0.2, 0) is 4.79 Å². The number of hydrogen-bond donors (Lipinski definition) is 1. The van der Waals surface area contributed by atoms with Crippen molar-refractivity contribution in [2.24, 2.45) is 5.73 Å². The van der Waals surface area contributed by atoms with Crippen molar-refractivity contribution in [3.05, 3.63) is 16.6 Å². The summed E-state index contributed by atoms with van der Waals surface area (Å²) >= 11 is 1.54. The normalized spacial score (nSPS) is 27.3. The van der Waals surface area contributed by atoms with Crippen LogP contribution in [0.15, 0.2) is 10.9 Å². The minimum absolute atomic E-state index is 0.0150. The second kappa shape index (κ2) is 3.67. The second-order valence-electron chi connectivity index (χ2n) is 3.41. The zero-order valence-electron chi connectivity index (χ0n) is 8.01. The maximum atomic E-state index is 11.5. The van der Waals surface area contributed by atoms with Crippen LogP contribution in [0.2, 0.25) is 0 Å². The first kappa shape index (κ1) is 9.61. The van der Waals surface area contributed by atoms with Gasteiger partial charge in [-0.25, -0.2) is 4.98 Å². The average Bonchev–Trinajstić information content (AvgIpc) is 2.72. The molecule has 2 heterocycles. The summed E-state index contributed by atoms with van der Waals surface area (Å²) in [4.78, 5) is 17.6. The summed E-state index contributed by atoms with van der Waals surface area (Å²) in [5, 5.41) is 1.96. The van der Waals surface area contributed by atoms with E-state index in [1.54, 1.807) is 10.4 Å². The van der Waals surface area contributed by atoms with E-state index in [1.165, 1.54) is 11.3 Å². The summed E-state index contributed by atoms with van der Waals surface area (Å²) in [7, 11) is 0. The molecule has 76 valence electrons. The van der Waals surface area contributed by atoms with Crippen molar-refractivity contribution in [3.63, 3.8) is 0 Å². The van der Waals surface area contributed by atoms with Crippen LogP contribution in [0.3, 0.4) is 0 Å². The van der Waals surface area contributed by atoms with Crippen molar-refractivity contribution in [2.75, 3.05) is 6.54 Å². The Bertz CT molecular complexity index is 325. The van der Waals surface area contributed by atoms with Gasteiger partial charge < -0.3 is 10.6 Å². The Morgan fingerprint density at radius 3 is 3.14 bits per heavy atom. The molecule has 2 atom stereocenters. The summed E-state index contributed by atoms with van der Waals surface area (Å²) in [6.07, 6.45) is 0.441. The lowest BCUT2D eigenvalue weighted by Crippen LogP contribution is -2.33. The summed E-state index contributed by atoms with van der Waals surface area (Å²) < 4.78 is 0. The molecule has 2 unspecified atom stereocenters. The number of likely N-dealkylation sites (tertiary alicyclic amines) is 1. The highest BCUT2D eigenvalue weighted by Crippen LogP contribution is 2.31. The van der Waals surface area contributed by atoms with E-state index >= 15 is 0 Å². The first-order valence-corrected chi connectivity index (χ1v) is 5.61. The van der Waals surface area contributed by atoms with E-state index in [4.69, 9.17) is 5.73 Å². The molecule has 0 aromatic carbocycles.